The van der Waals surface area contributed by atoms with Gasteiger partial charge in [0, 0.05) is 18.9 Å². The second-order valence-electron chi connectivity index (χ2n) is 12.5. The van der Waals surface area contributed by atoms with Crippen LogP contribution in [-0.4, -0.2) is 71.2 Å². The number of nitrogens with zero attached hydrogens (tertiary/aromatic N) is 3. The Morgan fingerprint density at radius 2 is 1.70 bits per heavy atom. The first kappa shape index (κ1) is 44.8. The Kier molecular flexibility index (Phi) is 15.3. The van der Waals surface area contributed by atoms with Crippen molar-refractivity contribution in [2.45, 2.75) is 102 Å². The molecule has 1 saturated carbocycles. The molecule has 2 aromatic rings. The van der Waals surface area contributed by atoms with E-state index in [1.54, 1.807) is 0 Å². The number of nitrogens with one attached hydrogen (secondary N) is 2. The van der Waals surface area contributed by atoms with E-state index in [9.17, 15) is 31.5 Å². The molecule has 1 amide bonds. The quantitative estimate of drug-likeness (QED) is 0.0782. The summed E-state index contributed by atoms with van der Waals surface area (Å²) in [4.78, 5) is 28.6. The van der Waals surface area contributed by atoms with Crippen molar-refractivity contribution < 1.29 is 63.3 Å². The van der Waals surface area contributed by atoms with Crippen molar-refractivity contribution in [1.82, 2.24) is 20.5 Å². The van der Waals surface area contributed by atoms with Crippen LogP contribution in [0.3, 0.4) is 0 Å². The fraction of sp³-hybridized carbons (Fsp3) is 0.559. The Morgan fingerprint density at radius 1 is 1.06 bits per heavy atom. The number of amides is 1. The van der Waals surface area contributed by atoms with Crippen LogP contribution < -0.4 is 10.6 Å². The number of allylic oxidation sites excluding steroid dienone is 2. The first-order valence-corrected chi connectivity index (χ1v) is 16.4. The summed E-state index contributed by atoms with van der Waals surface area (Å²) >= 11 is 0. The second-order valence-corrected chi connectivity index (χ2v) is 12.5. The predicted octanol–water partition coefficient (Wildman–Crippen LogP) is 8.94. The smallest absolute Gasteiger partial charge is 0.426 e. The maximum atomic E-state index is 15.1. The van der Waals surface area contributed by atoms with E-state index in [2.05, 4.69) is 38.4 Å². The lowest BCUT2D eigenvalue weighted by atomic mass is 9.88. The van der Waals surface area contributed by atoms with Crippen molar-refractivity contribution in [2.24, 2.45) is 0 Å². The fourth-order valence-corrected chi connectivity index (χ4v) is 4.86. The number of esters is 1. The first-order chi connectivity index (χ1) is 24.6. The molecule has 1 aliphatic rings. The van der Waals surface area contributed by atoms with Gasteiger partial charge < -0.3 is 23.9 Å². The number of methoxy groups -OCH3 is 1. The Hall–Kier alpha value is -4.39. The number of unbranched alkanes of at least 4 members (excludes halogenated alkanes) is 1. The van der Waals surface area contributed by atoms with Crippen molar-refractivity contribution in [3.8, 4) is 11.6 Å². The normalized spacial score (nSPS) is 16.0. The second kappa shape index (κ2) is 18.1. The average molecular weight is 770 g/mol. The SMILES string of the molecule is C=C/C=C(\C=C)COC(CCCCNC1CC(F)(F)C1)(c1nnc(-c2nc(C(=O)OC)c(C(F)(F)F)cc2NC(=O)OC(C)(C)C)o1)C(F)(F)F.CC. The van der Waals surface area contributed by atoms with E-state index >= 15 is 13.2 Å². The molecule has 0 saturated heterocycles. The number of hydrogen-bond acceptors (Lipinski definition) is 10. The number of rotatable bonds is 15. The molecule has 3 rings (SSSR count). The van der Waals surface area contributed by atoms with E-state index in [1.165, 1.54) is 39.0 Å². The zero-order chi connectivity index (χ0) is 40.4. The van der Waals surface area contributed by atoms with Crippen LogP contribution >= 0.6 is 0 Å². The van der Waals surface area contributed by atoms with Crippen molar-refractivity contribution in [2.75, 3.05) is 25.6 Å². The number of ether oxygens (including phenoxy) is 3. The summed E-state index contributed by atoms with van der Waals surface area (Å²) in [5.74, 6) is -6.50. The van der Waals surface area contributed by atoms with Gasteiger partial charge in [0.2, 0.25) is 5.60 Å². The Bertz CT molecular complexity index is 1610. The molecule has 19 heteroatoms. The summed E-state index contributed by atoms with van der Waals surface area (Å²) in [5, 5.41) is 12.0. The molecule has 2 heterocycles. The van der Waals surface area contributed by atoms with Crippen LogP contribution in [0.1, 0.15) is 88.7 Å². The maximum absolute atomic E-state index is 15.1. The summed E-state index contributed by atoms with van der Waals surface area (Å²) in [6.45, 7) is 14.8. The lowest BCUT2D eigenvalue weighted by Gasteiger charge is -2.35. The van der Waals surface area contributed by atoms with Gasteiger partial charge >= 0.3 is 24.4 Å². The number of hydrogen-bond donors (Lipinski definition) is 2. The van der Waals surface area contributed by atoms with Gasteiger partial charge in [0.15, 0.2) is 11.4 Å². The summed E-state index contributed by atoms with van der Waals surface area (Å²) in [7, 11) is 0.770. The van der Waals surface area contributed by atoms with Crippen molar-refractivity contribution in [3.63, 3.8) is 0 Å². The van der Waals surface area contributed by atoms with Gasteiger partial charge in [-0.2, -0.15) is 26.3 Å². The van der Waals surface area contributed by atoms with Crippen LogP contribution in [0.5, 0.6) is 0 Å². The molecule has 0 spiro atoms. The van der Waals surface area contributed by atoms with E-state index < -0.39 is 108 Å². The number of anilines is 1. The van der Waals surface area contributed by atoms with Gasteiger partial charge in [-0.1, -0.05) is 45.2 Å². The summed E-state index contributed by atoms with van der Waals surface area (Å²) in [6.07, 6.45) is -9.70. The minimum atomic E-state index is -5.26. The van der Waals surface area contributed by atoms with Crippen LogP contribution in [0.15, 0.2) is 47.4 Å². The van der Waals surface area contributed by atoms with Gasteiger partial charge in [-0.05, 0) is 58.2 Å². The minimum Gasteiger partial charge on any atom is -0.464 e. The average Bonchev–Trinajstić information content (AvgIpc) is 3.53. The highest BCUT2D eigenvalue weighted by molar-refractivity contribution is 5.94. The monoisotopic (exact) mass is 769 g/mol. The highest BCUT2D eigenvalue weighted by Gasteiger charge is 2.61. The van der Waals surface area contributed by atoms with E-state index in [0.717, 1.165) is 7.11 Å². The molecule has 0 aromatic carbocycles. The molecule has 2 aromatic heterocycles. The van der Waals surface area contributed by atoms with Crippen LogP contribution in [0.2, 0.25) is 0 Å². The summed E-state index contributed by atoms with van der Waals surface area (Å²) < 4.78 is 134. The number of pyridine rings is 1. The van der Waals surface area contributed by atoms with Crippen LogP contribution in [0.25, 0.3) is 11.6 Å². The van der Waals surface area contributed by atoms with Crippen molar-refractivity contribution in [3.05, 3.63) is 60.2 Å². The Balaban J connectivity index is 0.00000477. The lowest BCUT2D eigenvalue weighted by Crippen LogP contribution is -2.48. The molecule has 1 fully saturated rings. The third-order valence-corrected chi connectivity index (χ3v) is 7.33. The molecular weight excluding hydrogens is 726 g/mol. The number of aromatic nitrogens is 3. The molecule has 1 atom stereocenters. The maximum Gasteiger partial charge on any atom is 0.426 e. The number of carbonyl (C=O) groups excluding carboxylic acids is 2. The van der Waals surface area contributed by atoms with Gasteiger partial charge in [-0.15, -0.1) is 10.2 Å². The Morgan fingerprint density at radius 3 is 2.21 bits per heavy atom. The molecule has 1 unspecified atom stereocenters. The molecule has 0 aliphatic heterocycles. The summed E-state index contributed by atoms with van der Waals surface area (Å²) in [6, 6.07) is -0.201. The van der Waals surface area contributed by atoms with Crippen molar-refractivity contribution >= 4 is 17.7 Å². The fourth-order valence-electron chi connectivity index (χ4n) is 4.86. The molecule has 0 radical (unpaired) electrons. The highest BCUT2D eigenvalue weighted by atomic mass is 19.4. The van der Waals surface area contributed by atoms with E-state index in [4.69, 9.17) is 13.9 Å². The number of carbonyl (C=O) groups is 2. The van der Waals surface area contributed by atoms with Gasteiger partial charge in [0.25, 0.3) is 17.7 Å². The highest BCUT2D eigenvalue weighted by Crippen LogP contribution is 2.47. The topological polar surface area (TPSA) is 138 Å². The molecule has 2 N–H and O–H groups in total. The van der Waals surface area contributed by atoms with E-state index in [-0.39, 0.29) is 31.0 Å². The van der Waals surface area contributed by atoms with Gasteiger partial charge in [-0.25, -0.2) is 23.4 Å². The molecule has 11 nitrogen and oxygen atoms in total. The molecular formula is C34H43F8N5O6. The van der Waals surface area contributed by atoms with Gasteiger partial charge in [0.1, 0.15) is 5.60 Å². The van der Waals surface area contributed by atoms with Crippen LogP contribution in [0, 0.1) is 0 Å². The first-order valence-electron chi connectivity index (χ1n) is 16.4. The van der Waals surface area contributed by atoms with Crippen LogP contribution in [0.4, 0.5) is 45.6 Å². The molecule has 53 heavy (non-hydrogen) atoms. The zero-order valence-corrected chi connectivity index (χ0v) is 30.1. The molecule has 0 bridgehead atoms. The third-order valence-electron chi connectivity index (χ3n) is 7.33. The van der Waals surface area contributed by atoms with Gasteiger partial charge in [0.05, 0.1) is 25.0 Å². The molecule has 296 valence electrons. The van der Waals surface area contributed by atoms with E-state index in [1.807, 2.05) is 19.2 Å². The minimum absolute atomic E-state index is 0.0774. The zero-order valence-electron chi connectivity index (χ0n) is 30.1. The standard InChI is InChI=1S/C32H37F8N5O6.C2H6/c1-7-11-18(8-2)17-49-30(32(38,39)40,12-9-10-13-41-19-15-29(33,34)16-19)26-45-44-24(50-26)23-21(42-27(47)51-28(3,4)5)14-20(31(35,36)37)22(43-23)25(46)48-6;1-2/h7-8,11,14,19,41H,1-2,9-10,12-13,15-17H2,3-6H3,(H,42,47);1-2H3/b18-11+;. The van der Waals surface area contributed by atoms with Gasteiger partial charge in [-0.3, -0.25) is 5.32 Å². The third kappa shape index (κ3) is 12.1. The lowest BCUT2D eigenvalue weighted by molar-refractivity contribution is -0.293. The number of alkyl halides is 8. The summed E-state index contributed by atoms with van der Waals surface area (Å²) in [5.41, 5.74) is -8.93. The molecule has 1 aliphatic carbocycles. The van der Waals surface area contributed by atoms with E-state index in [0.29, 0.717) is 0 Å². The van der Waals surface area contributed by atoms with Crippen molar-refractivity contribution in [1.29, 1.82) is 0 Å². The number of halogens is 8. The Labute approximate surface area is 301 Å². The largest absolute Gasteiger partial charge is 0.464 e. The van der Waals surface area contributed by atoms with Crippen LogP contribution in [-0.2, 0) is 26.0 Å². The predicted molar refractivity (Wildman–Crippen MR) is 177 cm³/mol.